The number of carbonyl (C=O) groups is 1. The zero-order valence-electron chi connectivity index (χ0n) is 11.6. The molecule has 1 N–H and O–H groups in total. The molecule has 2 unspecified atom stereocenters. The first kappa shape index (κ1) is 14.0. The van der Waals surface area contributed by atoms with E-state index in [0.717, 1.165) is 25.3 Å². The van der Waals surface area contributed by atoms with Gasteiger partial charge in [-0.1, -0.05) is 18.2 Å². The summed E-state index contributed by atoms with van der Waals surface area (Å²) >= 11 is 0. The van der Waals surface area contributed by atoms with E-state index in [1.807, 2.05) is 30.3 Å². The highest BCUT2D eigenvalue weighted by atomic mass is 16.5. The lowest BCUT2D eigenvalue weighted by Gasteiger charge is -2.35. The third-order valence-electron chi connectivity index (χ3n) is 3.21. The molecule has 1 aromatic rings. The number of rotatable bonds is 4. The molecule has 1 aromatic carbocycles. The fraction of sp³-hybridized carbons (Fsp3) is 0.533. The van der Waals surface area contributed by atoms with Gasteiger partial charge < -0.3 is 10.1 Å². The van der Waals surface area contributed by atoms with E-state index in [-0.39, 0.29) is 18.1 Å². The average Bonchev–Trinajstić information content (AvgIpc) is 2.36. The molecule has 0 aromatic heterocycles. The fourth-order valence-electron chi connectivity index (χ4n) is 2.47. The number of nitrogens with zero attached hydrogens (tertiary/aromatic N) is 1. The summed E-state index contributed by atoms with van der Waals surface area (Å²) in [4.78, 5) is 14.1. The molecule has 2 rings (SSSR count). The number of carbonyl (C=O) groups excluding carboxylic acids is 1. The van der Waals surface area contributed by atoms with Crippen LogP contribution in [-0.4, -0.2) is 42.6 Å². The summed E-state index contributed by atoms with van der Waals surface area (Å²) in [6.07, 6.45) is 1.02. The first-order valence-electron chi connectivity index (χ1n) is 6.86. The Morgan fingerprint density at radius 2 is 1.89 bits per heavy atom. The third kappa shape index (κ3) is 4.65. The van der Waals surface area contributed by atoms with Crippen LogP contribution in [0.2, 0.25) is 0 Å². The van der Waals surface area contributed by atoms with Crippen molar-refractivity contribution in [3.05, 3.63) is 30.3 Å². The van der Waals surface area contributed by atoms with Gasteiger partial charge in [0.05, 0.1) is 12.2 Å². The first-order valence-corrected chi connectivity index (χ1v) is 6.86. The van der Waals surface area contributed by atoms with Gasteiger partial charge in [-0.05, 0) is 26.0 Å². The van der Waals surface area contributed by atoms with Crippen molar-refractivity contribution in [1.29, 1.82) is 0 Å². The molecule has 1 fully saturated rings. The molecule has 4 nitrogen and oxygen atoms in total. The van der Waals surface area contributed by atoms with E-state index in [4.69, 9.17) is 4.74 Å². The van der Waals surface area contributed by atoms with Crippen molar-refractivity contribution in [3.8, 4) is 0 Å². The summed E-state index contributed by atoms with van der Waals surface area (Å²) < 4.78 is 5.68. The van der Waals surface area contributed by atoms with Crippen molar-refractivity contribution in [2.24, 2.45) is 0 Å². The minimum Gasteiger partial charge on any atom is -0.373 e. The van der Waals surface area contributed by atoms with E-state index in [9.17, 15) is 4.79 Å². The molecular weight excluding hydrogens is 240 g/mol. The van der Waals surface area contributed by atoms with Crippen LogP contribution in [0, 0.1) is 0 Å². The number of hydrogen-bond donors (Lipinski definition) is 1. The van der Waals surface area contributed by atoms with Crippen LogP contribution >= 0.6 is 0 Å². The fourth-order valence-corrected chi connectivity index (χ4v) is 2.47. The Morgan fingerprint density at radius 1 is 1.26 bits per heavy atom. The van der Waals surface area contributed by atoms with Gasteiger partial charge in [0, 0.05) is 31.7 Å². The van der Waals surface area contributed by atoms with Crippen LogP contribution in [0.15, 0.2) is 30.3 Å². The molecule has 0 saturated carbocycles. The molecule has 1 aliphatic rings. The molecule has 1 saturated heterocycles. The van der Waals surface area contributed by atoms with Gasteiger partial charge in [-0.3, -0.25) is 9.69 Å². The molecule has 0 aliphatic carbocycles. The van der Waals surface area contributed by atoms with Crippen LogP contribution in [0.4, 0.5) is 5.69 Å². The van der Waals surface area contributed by atoms with Crippen molar-refractivity contribution in [3.63, 3.8) is 0 Å². The Bertz CT molecular complexity index is 398. The van der Waals surface area contributed by atoms with Gasteiger partial charge in [-0.2, -0.15) is 0 Å². The standard InChI is InChI=1S/C15H22N2O2/c1-12-10-17(11-13(2)19-12)9-8-15(18)16-14-6-4-3-5-7-14/h3-7,12-13H,8-11H2,1-2H3,(H,16,18). The van der Waals surface area contributed by atoms with Crippen molar-refractivity contribution in [1.82, 2.24) is 4.90 Å². The molecule has 104 valence electrons. The number of morpholine rings is 1. The molecule has 4 heteroatoms. The number of para-hydroxylation sites is 1. The second-order valence-corrected chi connectivity index (χ2v) is 5.18. The lowest BCUT2D eigenvalue weighted by atomic mass is 10.2. The number of nitrogens with one attached hydrogen (secondary N) is 1. The number of benzene rings is 1. The molecule has 0 bridgehead atoms. The van der Waals surface area contributed by atoms with Crippen LogP contribution in [0.5, 0.6) is 0 Å². The van der Waals surface area contributed by atoms with E-state index in [1.165, 1.54) is 0 Å². The van der Waals surface area contributed by atoms with Crippen LogP contribution < -0.4 is 5.32 Å². The van der Waals surface area contributed by atoms with Gasteiger partial charge in [-0.25, -0.2) is 0 Å². The Labute approximate surface area is 114 Å². The summed E-state index contributed by atoms with van der Waals surface area (Å²) in [6.45, 7) is 6.75. The number of amides is 1. The minimum absolute atomic E-state index is 0.0676. The lowest BCUT2D eigenvalue weighted by Crippen LogP contribution is -2.46. The summed E-state index contributed by atoms with van der Waals surface area (Å²) in [5.41, 5.74) is 0.858. The highest BCUT2D eigenvalue weighted by Crippen LogP contribution is 2.11. The molecule has 0 spiro atoms. The molecular formula is C15H22N2O2. The predicted molar refractivity (Wildman–Crippen MR) is 76.1 cm³/mol. The highest BCUT2D eigenvalue weighted by Gasteiger charge is 2.22. The lowest BCUT2D eigenvalue weighted by molar-refractivity contribution is -0.117. The van der Waals surface area contributed by atoms with Crippen molar-refractivity contribution in [2.75, 3.05) is 25.0 Å². The maximum atomic E-state index is 11.8. The SMILES string of the molecule is CC1CN(CCC(=O)Nc2ccccc2)CC(C)O1. The summed E-state index contributed by atoms with van der Waals surface area (Å²) in [5.74, 6) is 0.0676. The predicted octanol–water partition coefficient (Wildman–Crippen LogP) is 2.12. The van der Waals surface area contributed by atoms with E-state index in [2.05, 4.69) is 24.1 Å². The molecule has 1 aliphatic heterocycles. The van der Waals surface area contributed by atoms with E-state index < -0.39 is 0 Å². The van der Waals surface area contributed by atoms with E-state index in [1.54, 1.807) is 0 Å². The maximum absolute atomic E-state index is 11.8. The minimum atomic E-state index is 0.0676. The molecule has 19 heavy (non-hydrogen) atoms. The van der Waals surface area contributed by atoms with Gasteiger partial charge in [0.1, 0.15) is 0 Å². The smallest absolute Gasteiger partial charge is 0.225 e. The van der Waals surface area contributed by atoms with Gasteiger partial charge in [0.15, 0.2) is 0 Å². The molecule has 0 radical (unpaired) electrons. The van der Waals surface area contributed by atoms with Gasteiger partial charge in [-0.15, -0.1) is 0 Å². The average molecular weight is 262 g/mol. The summed E-state index contributed by atoms with van der Waals surface area (Å²) in [5, 5.41) is 2.91. The topological polar surface area (TPSA) is 41.6 Å². The van der Waals surface area contributed by atoms with Gasteiger partial charge in [0.25, 0.3) is 0 Å². The zero-order valence-corrected chi connectivity index (χ0v) is 11.6. The van der Waals surface area contributed by atoms with E-state index >= 15 is 0 Å². The second-order valence-electron chi connectivity index (χ2n) is 5.18. The van der Waals surface area contributed by atoms with Crippen LogP contribution in [0.3, 0.4) is 0 Å². The number of ether oxygens (including phenoxy) is 1. The van der Waals surface area contributed by atoms with Crippen molar-refractivity contribution >= 4 is 11.6 Å². The van der Waals surface area contributed by atoms with Crippen LogP contribution in [-0.2, 0) is 9.53 Å². The molecule has 1 heterocycles. The van der Waals surface area contributed by atoms with Crippen molar-refractivity contribution in [2.45, 2.75) is 32.5 Å². The number of hydrogen-bond acceptors (Lipinski definition) is 3. The van der Waals surface area contributed by atoms with Gasteiger partial charge in [0.2, 0.25) is 5.91 Å². The monoisotopic (exact) mass is 262 g/mol. The highest BCUT2D eigenvalue weighted by molar-refractivity contribution is 5.90. The Balaban J connectivity index is 1.74. The molecule has 2 atom stereocenters. The Kier molecular flexibility index (Phi) is 4.93. The zero-order chi connectivity index (χ0) is 13.7. The Morgan fingerprint density at radius 3 is 2.53 bits per heavy atom. The number of anilines is 1. The van der Waals surface area contributed by atoms with E-state index in [0.29, 0.717) is 6.42 Å². The molecule has 1 amide bonds. The third-order valence-corrected chi connectivity index (χ3v) is 3.21. The van der Waals surface area contributed by atoms with Gasteiger partial charge >= 0.3 is 0 Å². The van der Waals surface area contributed by atoms with Crippen LogP contribution in [0.25, 0.3) is 0 Å². The summed E-state index contributed by atoms with van der Waals surface area (Å²) in [6, 6.07) is 9.57. The second kappa shape index (κ2) is 6.68. The van der Waals surface area contributed by atoms with Crippen molar-refractivity contribution < 1.29 is 9.53 Å². The quantitative estimate of drug-likeness (QED) is 0.903. The largest absolute Gasteiger partial charge is 0.373 e. The maximum Gasteiger partial charge on any atom is 0.225 e. The first-order chi connectivity index (χ1) is 9.13. The summed E-state index contributed by atoms with van der Waals surface area (Å²) in [7, 11) is 0. The van der Waals surface area contributed by atoms with Crippen LogP contribution in [0.1, 0.15) is 20.3 Å². The Hall–Kier alpha value is -1.39. The normalized spacial score (nSPS) is 24.1.